The Hall–Kier alpha value is -2.82. The van der Waals surface area contributed by atoms with Crippen molar-refractivity contribution >= 4 is 11.9 Å². The monoisotopic (exact) mass is 311 g/mol. The van der Waals surface area contributed by atoms with Crippen molar-refractivity contribution in [2.24, 2.45) is 0 Å². The van der Waals surface area contributed by atoms with Crippen LogP contribution in [0.3, 0.4) is 0 Å². The van der Waals surface area contributed by atoms with Gasteiger partial charge in [-0.15, -0.1) is 0 Å². The van der Waals surface area contributed by atoms with Crippen LogP contribution in [0.1, 0.15) is 34.9 Å². The molecule has 1 amide bonds. The average molecular weight is 311 g/mol. The van der Waals surface area contributed by atoms with Crippen molar-refractivity contribution in [3.8, 4) is 5.75 Å². The van der Waals surface area contributed by atoms with Crippen molar-refractivity contribution in [2.75, 3.05) is 0 Å². The van der Waals surface area contributed by atoms with Crippen molar-refractivity contribution in [1.29, 1.82) is 0 Å². The fourth-order valence-corrected chi connectivity index (χ4v) is 2.24. The van der Waals surface area contributed by atoms with Crippen LogP contribution in [-0.4, -0.2) is 23.0 Å². The molecule has 1 atom stereocenters. The lowest BCUT2D eigenvalue weighted by atomic mass is 10.1. The predicted octanol–water partition coefficient (Wildman–Crippen LogP) is 2.78. The number of hydrogen-bond acceptors (Lipinski definition) is 3. The summed E-state index contributed by atoms with van der Waals surface area (Å²) in [6, 6.07) is 15.5. The Morgan fingerprint density at radius 3 is 2.48 bits per heavy atom. The second-order valence-corrected chi connectivity index (χ2v) is 5.52. The van der Waals surface area contributed by atoms with E-state index in [9.17, 15) is 9.59 Å². The summed E-state index contributed by atoms with van der Waals surface area (Å²) in [4.78, 5) is 23.5. The van der Waals surface area contributed by atoms with Crippen LogP contribution in [0.15, 0.2) is 54.6 Å². The van der Waals surface area contributed by atoms with Crippen molar-refractivity contribution < 1.29 is 19.4 Å². The van der Waals surface area contributed by atoms with Gasteiger partial charge in [0.25, 0.3) is 5.91 Å². The maximum atomic E-state index is 12.5. The van der Waals surface area contributed by atoms with Gasteiger partial charge in [0, 0.05) is 11.6 Å². The van der Waals surface area contributed by atoms with Gasteiger partial charge in [0.05, 0.1) is 5.56 Å². The molecule has 1 saturated carbocycles. The van der Waals surface area contributed by atoms with Crippen molar-refractivity contribution in [3.63, 3.8) is 0 Å². The molecule has 5 heteroatoms. The first-order valence-corrected chi connectivity index (χ1v) is 7.49. The van der Waals surface area contributed by atoms with Gasteiger partial charge in [-0.2, -0.15) is 0 Å². The number of benzene rings is 2. The van der Waals surface area contributed by atoms with E-state index >= 15 is 0 Å². The summed E-state index contributed by atoms with van der Waals surface area (Å²) in [6.45, 7) is 0. The Labute approximate surface area is 133 Å². The Balaban J connectivity index is 1.84. The van der Waals surface area contributed by atoms with Crippen molar-refractivity contribution in [3.05, 3.63) is 65.7 Å². The number of carboxylic acids is 1. The average Bonchev–Trinajstić information content (AvgIpc) is 3.37. The SMILES string of the molecule is O=C(O)c1cccc(O[C@H](C(=O)NC2CC2)c2ccccc2)c1. The largest absolute Gasteiger partial charge is 0.478 e. The fourth-order valence-electron chi connectivity index (χ4n) is 2.24. The van der Waals surface area contributed by atoms with Crippen LogP contribution in [0.5, 0.6) is 5.75 Å². The molecule has 5 nitrogen and oxygen atoms in total. The first kappa shape index (κ1) is 15.1. The van der Waals surface area contributed by atoms with Crippen LogP contribution >= 0.6 is 0 Å². The lowest BCUT2D eigenvalue weighted by Gasteiger charge is -2.19. The summed E-state index contributed by atoms with van der Waals surface area (Å²) >= 11 is 0. The highest BCUT2D eigenvalue weighted by Gasteiger charge is 2.29. The Bertz CT molecular complexity index is 710. The number of ether oxygens (including phenoxy) is 1. The Morgan fingerprint density at radius 1 is 1.09 bits per heavy atom. The van der Waals surface area contributed by atoms with E-state index in [-0.39, 0.29) is 17.5 Å². The van der Waals surface area contributed by atoms with E-state index in [1.165, 1.54) is 12.1 Å². The number of carboxylic acid groups (broad SMARTS) is 1. The van der Waals surface area contributed by atoms with Gasteiger partial charge in [-0.25, -0.2) is 4.79 Å². The van der Waals surface area contributed by atoms with Crippen LogP contribution in [-0.2, 0) is 4.79 Å². The maximum Gasteiger partial charge on any atom is 0.335 e. The van der Waals surface area contributed by atoms with Crippen LogP contribution in [0, 0.1) is 0 Å². The summed E-state index contributed by atoms with van der Waals surface area (Å²) in [5.74, 6) is -0.890. The minimum Gasteiger partial charge on any atom is -0.478 e. The molecular formula is C18H17NO4. The van der Waals surface area contributed by atoms with E-state index in [1.807, 2.05) is 30.3 Å². The first-order valence-electron chi connectivity index (χ1n) is 7.49. The highest BCUT2D eigenvalue weighted by molar-refractivity contribution is 5.88. The molecule has 2 N–H and O–H groups in total. The van der Waals surface area contributed by atoms with Crippen LogP contribution in [0.4, 0.5) is 0 Å². The predicted molar refractivity (Wildman–Crippen MR) is 84.4 cm³/mol. The molecule has 3 rings (SSSR count). The lowest BCUT2D eigenvalue weighted by Crippen LogP contribution is -2.33. The smallest absolute Gasteiger partial charge is 0.335 e. The summed E-state index contributed by atoms with van der Waals surface area (Å²) < 4.78 is 5.81. The van der Waals surface area contributed by atoms with Gasteiger partial charge in [-0.05, 0) is 31.0 Å². The molecule has 0 aromatic heterocycles. The van der Waals surface area contributed by atoms with E-state index in [1.54, 1.807) is 12.1 Å². The highest BCUT2D eigenvalue weighted by atomic mass is 16.5. The minimum atomic E-state index is -1.03. The molecule has 0 spiro atoms. The topological polar surface area (TPSA) is 75.6 Å². The zero-order valence-electron chi connectivity index (χ0n) is 12.4. The molecule has 2 aromatic carbocycles. The van der Waals surface area contributed by atoms with E-state index in [0.717, 1.165) is 18.4 Å². The Morgan fingerprint density at radius 2 is 1.83 bits per heavy atom. The molecular weight excluding hydrogens is 294 g/mol. The number of carbonyl (C=O) groups is 2. The number of hydrogen-bond donors (Lipinski definition) is 2. The zero-order valence-corrected chi connectivity index (χ0v) is 12.4. The molecule has 23 heavy (non-hydrogen) atoms. The van der Waals surface area contributed by atoms with E-state index < -0.39 is 12.1 Å². The third-order valence-corrected chi connectivity index (χ3v) is 3.60. The second-order valence-electron chi connectivity index (χ2n) is 5.52. The number of nitrogens with one attached hydrogen (secondary N) is 1. The van der Waals surface area contributed by atoms with Gasteiger partial charge < -0.3 is 15.2 Å². The highest BCUT2D eigenvalue weighted by Crippen LogP contribution is 2.25. The van der Waals surface area contributed by atoms with Crippen molar-refractivity contribution in [2.45, 2.75) is 25.0 Å². The molecule has 118 valence electrons. The third kappa shape index (κ3) is 3.88. The van der Waals surface area contributed by atoms with Crippen LogP contribution in [0.2, 0.25) is 0 Å². The standard InChI is InChI=1S/C18H17NO4/c20-17(19-14-9-10-14)16(12-5-2-1-3-6-12)23-15-8-4-7-13(11-15)18(21)22/h1-8,11,14,16H,9-10H2,(H,19,20)(H,21,22)/t16-/m0/s1. The molecule has 1 aliphatic carbocycles. The summed E-state index contributed by atoms with van der Waals surface area (Å²) in [5.41, 5.74) is 0.850. The fraction of sp³-hybridized carbons (Fsp3) is 0.222. The Kier molecular flexibility index (Phi) is 4.28. The molecule has 0 heterocycles. The second kappa shape index (κ2) is 6.52. The van der Waals surface area contributed by atoms with E-state index in [2.05, 4.69) is 5.32 Å². The van der Waals surface area contributed by atoms with E-state index in [0.29, 0.717) is 5.75 Å². The molecule has 2 aromatic rings. The minimum absolute atomic E-state index is 0.122. The van der Waals surface area contributed by atoms with E-state index in [4.69, 9.17) is 9.84 Å². The van der Waals surface area contributed by atoms with Gasteiger partial charge in [0.15, 0.2) is 0 Å². The van der Waals surface area contributed by atoms with Gasteiger partial charge >= 0.3 is 5.97 Å². The maximum absolute atomic E-state index is 12.5. The molecule has 1 aliphatic rings. The van der Waals surface area contributed by atoms with Gasteiger partial charge in [0.2, 0.25) is 6.10 Å². The molecule has 0 saturated heterocycles. The summed E-state index contributed by atoms with van der Waals surface area (Å²) in [5, 5.41) is 12.0. The quantitative estimate of drug-likeness (QED) is 0.860. The lowest BCUT2D eigenvalue weighted by molar-refractivity contribution is -0.128. The first-order chi connectivity index (χ1) is 11.1. The summed E-state index contributed by atoms with van der Waals surface area (Å²) in [6.07, 6.45) is 1.17. The van der Waals surface area contributed by atoms with Gasteiger partial charge in [-0.3, -0.25) is 4.79 Å². The molecule has 0 aliphatic heterocycles. The van der Waals surface area contributed by atoms with Gasteiger partial charge in [-0.1, -0.05) is 36.4 Å². The normalized spacial score (nSPS) is 14.8. The van der Waals surface area contributed by atoms with Crippen LogP contribution in [0.25, 0.3) is 0 Å². The molecule has 1 fully saturated rings. The zero-order chi connectivity index (χ0) is 16.2. The number of aromatic carboxylic acids is 1. The van der Waals surface area contributed by atoms with Crippen LogP contribution < -0.4 is 10.1 Å². The number of carbonyl (C=O) groups excluding carboxylic acids is 1. The number of amides is 1. The molecule has 0 unspecified atom stereocenters. The summed E-state index contributed by atoms with van der Waals surface area (Å²) in [7, 11) is 0. The third-order valence-electron chi connectivity index (χ3n) is 3.60. The van der Waals surface area contributed by atoms with Gasteiger partial charge in [0.1, 0.15) is 5.75 Å². The number of rotatable bonds is 6. The van der Waals surface area contributed by atoms with Crippen molar-refractivity contribution in [1.82, 2.24) is 5.32 Å². The molecule has 0 bridgehead atoms. The molecule has 0 radical (unpaired) electrons.